The molecule has 0 radical (unpaired) electrons. The molecule has 20 heavy (non-hydrogen) atoms. The number of rotatable bonds is 10. The molecule has 2 nitrogen and oxygen atoms in total. The molecule has 0 aliphatic rings. The molecule has 0 bridgehead atoms. The lowest BCUT2D eigenvalue weighted by Gasteiger charge is -2.14. The summed E-state index contributed by atoms with van der Waals surface area (Å²) in [4.78, 5) is 0. The van der Waals surface area contributed by atoms with Crippen molar-refractivity contribution in [3.8, 4) is 11.8 Å². The summed E-state index contributed by atoms with van der Waals surface area (Å²) in [5, 5.41) is 8.69. The van der Waals surface area contributed by atoms with Gasteiger partial charge in [-0.05, 0) is 12.8 Å². The third kappa shape index (κ3) is 12.3. The maximum absolute atomic E-state index is 11.9. The first kappa shape index (κ1) is 19.3. The number of hydrogen-bond acceptors (Lipinski definition) is 2. The molecule has 5 heteroatoms. The predicted molar refractivity (Wildman–Crippen MR) is 73.3 cm³/mol. The number of hydrogen-bond donors (Lipinski definition) is 1. The monoisotopic (exact) mass is 294 g/mol. The summed E-state index contributed by atoms with van der Waals surface area (Å²) < 4.78 is 40.6. The highest BCUT2D eigenvalue weighted by Gasteiger charge is 2.38. The Morgan fingerprint density at radius 1 is 1.00 bits per heavy atom. The van der Waals surface area contributed by atoms with E-state index in [9.17, 15) is 13.2 Å². The van der Waals surface area contributed by atoms with Gasteiger partial charge in [-0.15, -0.1) is 11.8 Å². The molecule has 0 rings (SSSR count). The fraction of sp³-hybridized carbons (Fsp3) is 0.867. The van der Waals surface area contributed by atoms with Crippen LogP contribution in [0.4, 0.5) is 13.2 Å². The molecule has 0 aromatic heterocycles. The zero-order valence-electron chi connectivity index (χ0n) is 12.1. The van der Waals surface area contributed by atoms with Crippen molar-refractivity contribution in [2.45, 2.75) is 70.6 Å². The first-order valence-corrected chi connectivity index (χ1v) is 7.26. The third-order valence-electron chi connectivity index (χ3n) is 2.80. The van der Waals surface area contributed by atoms with E-state index in [2.05, 4.69) is 11.8 Å². The number of halogens is 3. The molecule has 0 amide bonds. The summed E-state index contributed by atoms with van der Waals surface area (Å²) in [6.07, 6.45) is 1.03. The van der Waals surface area contributed by atoms with Gasteiger partial charge in [0.1, 0.15) is 0 Å². The highest BCUT2D eigenvalue weighted by Crippen LogP contribution is 2.20. The van der Waals surface area contributed by atoms with E-state index in [0.29, 0.717) is 0 Å². The van der Waals surface area contributed by atoms with Crippen LogP contribution >= 0.6 is 0 Å². The zero-order valence-corrected chi connectivity index (χ0v) is 12.1. The topological polar surface area (TPSA) is 29.5 Å². The summed E-state index contributed by atoms with van der Waals surface area (Å²) in [7, 11) is 0. The lowest BCUT2D eigenvalue weighted by molar-refractivity contribution is -0.217. The lowest BCUT2D eigenvalue weighted by atomic mass is 10.1. The molecule has 118 valence electrons. The van der Waals surface area contributed by atoms with E-state index in [-0.39, 0.29) is 6.61 Å². The van der Waals surface area contributed by atoms with Crippen LogP contribution in [0.1, 0.15) is 58.3 Å². The highest BCUT2D eigenvalue weighted by molar-refractivity contribution is 4.97. The maximum Gasteiger partial charge on any atom is 0.416 e. The van der Waals surface area contributed by atoms with Crippen LogP contribution in [0.5, 0.6) is 0 Å². The van der Waals surface area contributed by atoms with Crippen molar-refractivity contribution in [2.75, 3.05) is 13.2 Å². The lowest BCUT2D eigenvalue weighted by Crippen LogP contribution is -2.33. The van der Waals surface area contributed by atoms with Crippen LogP contribution < -0.4 is 0 Å². The molecule has 1 unspecified atom stereocenters. The van der Waals surface area contributed by atoms with Gasteiger partial charge >= 0.3 is 6.18 Å². The molecule has 0 aromatic carbocycles. The van der Waals surface area contributed by atoms with E-state index in [1.807, 2.05) is 6.92 Å². The standard InChI is InChI=1S/C15H25F3O2/c1-2-3-4-5-6-7-8-9-10-11-12-20-13-14(19)15(16,17)18/h14,19H,2,5-13H2,1H3. The van der Waals surface area contributed by atoms with Crippen molar-refractivity contribution in [1.29, 1.82) is 0 Å². The predicted octanol–water partition coefficient (Wildman–Crippen LogP) is 4.07. The van der Waals surface area contributed by atoms with Crippen molar-refractivity contribution in [3.05, 3.63) is 0 Å². The quantitative estimate of drug-likeness (QED) is 0.486. The van der Waals surface area contributed by atoms with Crippen molar-refractivity contribution in [3.63, 3.8) is 0 Å². The van der Waals surface area contributed by atoms with Crippen molar-refractivity contribution in [1.82, 2.24) is 0 Å². The maximum atomic E-state index is 11.9. The Morgan fingerprint density at radius 2 is 1.60 bits per heavy atom. The number of unbranched alkanes of at least 4 members (excludes halogenated alkanes) is 6. The average molecular weight is 294 g/mol. The molecule has 1 N–H and O–H groups in total. The smallest absolute Gasteiger partial charge is 0.382 e. The summed E-state index contributed by atoms with van der Waals surface area (Å²) >= 11 is 0. The Kier molecular flexibility index (Phi) is 11.6. The van der Waals surface area contributed by atoms with Gasteiger partial charge in [-0.25, -0.2) is 0 Å². The molecular formula is C15H25F3O2. The fourth-order valence-electron chi connectivity index (χ4n) is 1.63. The Bertz CT molecular complexity index is 279. The minimum absolute atomic E-state index is 0.273. The minimum Gasteiger partial charge on any atom is -0.382 e. The van der Waals surface area contributed by atoms with Gasteiger partial charge in [-0.2, -0.15) is 13.2 Å². The first-order chi connectivity index (χ1) is 9.48. The summed E-state index contributed by atoms with van der Waals surface area (Å²) in [5.41, 5.74) is 0. The van der Waals surface area contributed by atoms with Gasteiger partial charge in [0.2, 0.25) is 0 Å². The van der Waals surface area contributed by atoms with E-state index in [0.717, 1.165) is 51.4 Å². The summed E-state index contributed by atoms with van der Waals surface area (Å²) in [6.45, 7) is 1.64. The Morgan fingerprint density at radius 3 is 2.20 bits per heavy atom. The van der Waals surface area contributed by atoms with E-state index < -0.39 is 18.9 Å². The second-order valence-corrected chi connectivity index (χ2v) is 4.71. The van der Waals surface area contributed by atoms with E-state index in [1.54, 1.807) is 0 Å². The van der Waals surface area contributed by atoms with E-state index in [4.69, 9.17) is 9.84 Å². The van der Waals surface area contributed by atoms with Crippen LogP contribution in [-0.4, -0.2) is 30.6 Å². The van der Waals surface area contributed by atoms with Crippen LogP contribution in [0.25, 0.3) is 0 Å². The van der Waals surface area contributed by atoms with Gasteiger partial charge in [0.25, 0.3) is 0 Å². The van der Waals surface area contributed by atoms with Gasteiger partial charge in [0.05, 0.1) is 6.61 Å². The molecule has 0 heterocycles. The van der Waals surface area contributed by atoms with Gasteiger partial charge in [0, 0.05) is 19.4 Å². The van der Waals surface area contributed by atoms with Gasteiger partial charge in [-0.3, -0.25) is 0 Å². The number of ether oxygens (including phenoxy) is 1. The zero-order chi connectivity index (χ0) is 15.3. The normalized spacial score (nSPS) is 12.8. The Labute approximate surface area is 119 Å². The van der Waals surface area contributed by atoms with Gasteiger partial charge in [-0.1, -0.05) is 32.6 Å². The second-order valence-electron chi connectivity index (χ2n) is 4.71. The minimum atomic E-state index is -4.58. The van der Waals surface area contributed by atoms with Gasteiger partial charge < -0.3 is 9.84 Å². The van der Waals surface area contributed by atoms with E-state index >= 15 is 0 Å². The van der Waals surface area contributed by atoms with E-state index in [1.165, 1.54) is 0 Å². The largest absolute Gasteiger partial charge is 0.416 e. The Balaban J connectivity index is 3.21. The average Bonchev–Trinajstić information content (AvgIpc) is 2.38. The SMILES string of the molecule is CCC#CCCCCCCCCOCC(O)C(F)(F)F. The van der Waals surface area contributed by atoms with Crippen molar-refractivity contribution in [2.24, 2.45) is 0 Å². The molecular weight excluding hydrogens is 269 g/mol. The molecule has 1 atom stereocenters. The Hall–Kier alpha value is -0.730. The van der Waals surface area contributed by atoms with Crippen molar-refractivity contribution < 1.29 is 23.0 Å². The molecule has 0 aliphatic carbocycles. The summed E-state index contributed by atoms with van der Waals surface area (Å²) in [6, 6.07) is 0. The van der Waals surface area contributed by atoms with Crippen LogP contribution in [0, 0.1) is 11.8 Å². The fourth-order valence-corrected chi connectivity index (χ4v) is 1.63. The highest BCUT2D eigenvalue weighted by atomic mass is 19.4. The summed E-state index contributed by atoms with van der Waals surface area (Å²) in [5.74, 6) is 6.12. The van der Waals surface area contributed by atoms with Crippen LogP contribution in [0.15, 0.2) is 0 Å². The number of alkyl halides is 3. The number of aliphatic hydroxyl groups is 1. The molecule has 0 saturated heterocycles. The molecule has 0 saturated carbocycles. The third-order valence-corrected chi connectivity index (χ3v) is 2.80. The molecule has 0 spiro atoms. The number of aliphatic hydroxyl groups excluding tert-OH is 1. The molecule has 0 aliphatic heterocycles. The van der Waals surface area contributed by atoms with Crippen molar-refractivity contribution >= 4 is 0 Å². The molecule has 0 fully saturated rings. The first-order valence-electron chi connectivity index (χ1n) is 7.26. The van der Waals surface area contributed by atoms with Crippen LogP contribution in [0.3, 0.4) is 0 Å². The second kappa shape index (κ2) is 12.0. The molecule has 0 aromatic rings. The van der Waals surface area contributed by atoms with Gasteiger partial charge in [0.15, 0.2) is 6.10 Å². The van der Waals surface area contributed by atoms with Crippen LogP contribution in [0.2, 0.25) is 0 Å². The van der Waals surface area contributed by atoms with Crippen LogP contribution in [-0.2, 0) is 4.74 Å².